The van der Waals surface area contributed by atoms with Crippen molar-refractivity contribution in [2.75, 3.05) is 19.6 Å². The molecule has 7 nitrogen and oxygen atoms in total. The monoisotopic (exact) mass is 348 g/mol. The van der Waals surface area contributed by atoms with E-state index in [4.69, 9.17) is 8.94 Å². The van der Waals surface area contributed by atoms with Gasteiger partial charge in [0.05, 0.1) is 12.3 Å². The molecule has 0 saturated carbocycles. The molecule has 0 radical (unpaired) electrons. The lowest BCUT2D eigenvalue weighted by Gasteiger charge is -2.28. The zero-order valence-electron chi connectivity index (χ0n) is 15.3. The van der Waals surface area contributed by atoms with E-state index in [2.05, 4.69) is 34.2 Å². The molecule has 2 aromatic rings. The third-order valence-electron chi connectivity index (χ3n) is 4.24. The van der Waals surface area contributed by atoms with E-state index in [0.717, 1.165) is 25.3 Å². The van der Waals surface area contributed by atoms with Crippen molar-refractivity contribution < 1.29 is 13.7 Å². The number of carbonyl (C=O) groups excluding carboxylic acids is 1. The molecule has 2 rings (SSSR count). The van der Waals surface area contributed by atoms with Gasteiger partial charge in [0.1, 0.15) is 5.76 Å². The van der Waals surface area contributed by atoms with Gasteiger partial charge in [-0.15, -0.1) is 0 Å². The summed E-state index contributed by atoms with van der Waals surface area (Å²) in [6, 6.07) is 3.88. The van der Waals surface area contributed by atoms with Crippen molar-refractivity contribution in [3.8, 4) is 0 Å². The van der Waals surface area contributed by atoms with Crippen LogP contribution < -0.4 is 5.32 Å². The molecule has 138 valence electrons. The molecule has 0 fully saturated rings. The molecule has 1 N–H and O–H groups in total. The van der Waals surface area contributed by atoms with E-state index in [1.54, 1.807) is 6.26 Å². The van der Waals surface area contributed by atoms with E-state index >= 15 is 0 Å². The maximum absolute atomic E-state index is 12.1. The molecule has 0 spiro atoms. The van der Waals surface area contributed by atoms with Crippen LogP contribution in [0.4, 0.5) is 0 Å². The van der Waals surface area contributed by atoms with Crippen LogP contribution in [-0.4, -0.2) is 40.6 Å². The minimum atomic E-state index is 0.0268. The molecule has 1 atom stereocenters. The van der Waals surface area contributed by atoms with Gasteiger partial charge in [0.2, 0.25) is 11.8 Å². The lowest BCUT2D eigenvalue weighted by molar-refractivity contribution is -0.121. The molecule has 0 unspecified atom stereocenters. The van der Waals surface area contributed by atoms with Crippen LogP contribution in [0.1, 0.15) is 57.1 Å². The highest BCUT2D eigenvalue weighted by molar-refractivity contribution is 5.75. The number of aryl methyl sites for hydroxylation is 2. The number of hydrogen-bond acceptors (Lipinski definition) is 6. The van der Waals surface area contributed by atoms with Gasteiger partial charge in [0.15, 0.2) is 5.82 Å². The number of aromatic nitrogens is 2. The summed E-state index contributed by atoms with van der Waals surface area (Å²) in [5.41, 5.74) is 0. The van der Waals surface area contributed by atoms with Gasteiger partial charge in [-0.05, 0) is 31.6 Å². The number of hydrogen-bond donors (Lipinski definition) is 1. The van der Waals surface area contributed by atoms with Gasteiger partial charge in [-0.1, -0.05) is 25.9 Å². The predicted molar refractivity (Wildman–Crippen MR) is 94.0 cm³/mol. The molecular weight excluding hydrogens is 320 g/mol. The Morgan fingerprint density at radius 2 is 2.12 bits per heavy atom. The number of nitrogens with zero attached hydrogens (tertiary/aromatic N) is 3. The normalized spacial score (nSPS) is 12.5. The van der Waals surface area contributed by atoms with Crippen LogP contribution in [0.25, 0.3) is 0 Å². The Morgan fingerprint density at radius 3 is 2.72 bits per heavy atom. The number of rotatable bonds is 11. The first-order valence-corrected chi connectivity index (χ1v) is 9.03. The van der Waals surface area contributed by atoms with Crippen molar-refractivity contribution >= 4 is 5.91 Å². The summed E-state index contributed by atoms with van der Waals surface area (Å²) in [6.45, 7) is 8.53. The number of amides is 1. The molecular formula is C18H28N4O3. The van der Waals surface area contributed by atoms with Crippen molar-refractivity contribution in [2.45, 2.75) is 52.5 Å². The van der Waals surface area contributed by atoms with Gasteiger partial charge < -0.3 is 14.3 Å². The lowest BCUT2D eigenvalue weighted by atomic mass is 10.1. The maximum Gasteiger partial charge on any atom is 0.226 e. The van der Waals surface area contributed by atoms with Gasteiger partial charge in [-0.25, -0.2) is 0 Å². The first kappa shape index (κ1) is 19.2. The summed E-state index contributed by atoms with van der Waals surface area (Å²) < 4.78 is 10.7. The molecule has 0 bridgehead atoms. The Hall–Kier alpha value is -2.15. The predicted octanol–water partition coefficient (Wildman–Crippen LogP) is 2.75. The zero-order valence-corrected chi connectivity index (χ0v) is 15.3. The van der Waals surface area contributed by atoms with Gasteiger partial charge in [0.25, 0.3) is 0 Å². The van der Waals surface area contributed by atoms with Gasteiger partial charge in [0, 0.05) is 25.8 Å². The second-order valence-electron chi connectivity index (χ2n) is 5.87. The lowest BCUT2D eigenvalue weighted by Crippen LogP contribution is -2.37. The topological polar surface area (TPSA) is 84.4 Å². The van der Waals surface area contributed by atoms with E-state index < -0.39 is 0 Å². The van der Waals surface area contributed by atoms with Gasteiger partial charge >= 0.3 is 0 Å². The third kappa shape index (κ3) is 5.70. The second kappa shape index (κ2) is 9.98. The molecule has 0 aliphatic heterocycles. The van der Waals surface area contributed by atoms with E-state index in [1.807, 2.05) is 19.1 Å². The van der Waals surface area contributed by atoms with Crippen LogP contribution in [-0.2, 0) is 17.6 Å². The highest BCUT2D eigenvalue weighted by atomic mass is 16.5. The van der Waals surface area contributed by atoms with E-state index in [-0.39, 0.29) is 11.9 Å². The van der Waals surface area contributed by atoms with Crippen LogP contribution >= 0.6 is 0 Å². The minimum Gasteiger partial charge on any atom is -0.468 e. The van der Waals surface area contributed by atoms with Crippen LogP contribution in [0.3, 0.4) is 0 Å². The van der Waals surface area contributed by atoms with Crippen LogP contribution in [0.2, 0.25) is 0 Å². The molecule has 2 aromatic heterocycles. The van der Waals surface area contributed by atoms with E-state index in [9.17, 15) is 4.79 Å². The van der Waals surface area contributed by atoms with Crippen molar-refractivity contribution in [3.05, 3.63) is 35.9 Å². The Labute approximate surface area is 148 Å². The van der Waals surface area contributed by atoms with Crippen molar-refractivity contribution in [3.63, 3.8) is 0 Å². The van der Waals surface area contributed by atoms with Crippen molar-refractivity contribution in [1.29, 1.82) is 0 Å². The minimum absolute atomic E-state index is 0.0268. The Kier molecular flexibility index (Phi) is 7.66. The van der Waals surface area contributed by atoms with Crippen molar-refractivity contribution in [2.24, 2.45) is 0 Å². The molecule has 0 saturated heterocycles. The SMILES string of the molecule is CCc1noc(CCCC(=O)NC[C@@H](c2ccco2)N(CC)CC)n1. The summed E-state index contributed by atoms with van der Waals surface area (Å²) in [5, 5.41) is 6.87. The highest BCUT2D eigenvalue weighted by Gasteiger charge is 2.21. The fourth-order valence-corrected chi connectivity index (χ4v) is 2.79. The summed E-state index contributed by atoms with van der Waals surface area (Å²) in [6.07, 6.45) is 4.17. The number of nitrogens with one attached hydrogen (secondary N) is 1. The highest BCUT2D eigenvalue weighted by Crippen LogP contribution is 2.20. The number of carbonyl (C=O) groups is 1. The molecule has 2 heterocycles. The molecule has 0 aliphatic rings. The average Bonchev–Trinajstić information content (AvgIpc) is 3.30. The van der Waals surface area contributed by atoms with E-state index in [1.165, 1.54) is 0 Å². The largest absolute Gasteiger partial charge is 0.468 e. The smallest absolute Gasteiger partial charge is 0.226 e. The van der Waals surface area contributed by atoms with Gasteiger partial charge in [-0.3, -0.25) is 9.69 Å². The quantitative estimate of drug-likeness (QED) is 0.672. The Balaban J connectivity index is 1.78. The summed E-state index contributed by atoms with van der Waals surface area (Å²) >= 11 is 0. The second-order valence-corrected chi connectivity index (χ2v) is 5.87. The van der Waals surface area contributed by atoms with Crippen molar-refractivity contribution in [1.82, 2.24) is 20.4 Å². The first-order chi connectivity index (χ1) is 12.2. The van der Waals surface area contributed by atoms with Crippen LogP contribution in [0, 0.1) is 0 Å². The summed E-state index contributed by atoms with van der Waals surface area (Å²) in [7, 11) is 0. The first-order valence-electron chi connectivity index (χ1n) is 9.03. The van der Waals surface area contributed by atoms with E-state index in [0.29, 0.717) is 37.5 Å². The molecule has 0 aromatic carbocycles. The molecule has 25 heavy (non-hydrogen) atoms. The molecule has 0 aliphatic carbocycles. The number of likely N-dealkylation sites (N-methyl/N-ethyl adjacent to an activating group) is 1. The van der Waals surface area contributed by atoms with Crippen LogP contribution in [0.5, 0.6) is 0 Å². The fourth-order valence-electron chi connectivity index (χ4n) is 2.79. The molecule has 1 amide bonds. The Morgan fingerprint density at radius 1 is 1.32 bits per heavy atom. The third-order valence-corrected chi connectivity index (χ3v) is 4.24. The fraction of sp³-hybridized carbons (Fsp3) is 0.611. The number of furan rings is 1. The summed E-state index contributed by atoms with van der Waals surface area (Å²) in [4.78, 5) is 18.7. The standard InChI is InChI=1S/C18H28N4O3/c1-4-16-20-18(25-21-16)11-7-10-17(23)19-13-14(22(5-2)6-3)15-9-8-12-24-15/h8-9,12,14H,4-7,10-11,13H2,1-3H3,(H,19,23)/t14-/m0/s1. The average molecular weight is 348 g/mol. The molecule has 7 heteroatoms. The summed E-state index contributed by atoms with van der Waals surface area (Å²) in [5.74, 6) is 2.21. The Bertz CT molecular complexity index is 620. The zero-order chi connectivity index (χ0) is 18.1. The van der Waals surface area contributed by atoms with Gasteiger partial charge in [-0.2, -0.15) is 4.98 Å². The maximum atomic E-state index is 12.1. The van der Waals surface area contributed by atoms with Crippen LogP contribution in [0.15, 0.2) is 27.3 Å².